The van der Waals surface area contributed by atoms with E-state index in [9.17, 15) is 22.4 Å². The molecule has 0 radical (unpaired) electrons. The number of aliphatic hydroxyl groups is 1. The number of rotatable bonds is 6. The van der Waals surface area contributed by atoms with Crippen LogP contribution in [0.15, 0.2) is 18.2 Å². The molecule has 4 nitrogen and oxygen atoms in total. The molecule has 0 aliphatic carbocycles. The van der Waals surface area contributed by atoms with Crippen LogP contribution in [0.3, 0.4) is 0 Å². The van der Waals surface area contributed by atoms with Gasteiger partial charge in [0.1, 0.15) is 18.1 Å². The van der Waals surface area contributed by atoms with Crippen molar-refractivity contribution in [2.24, 2.45) is 0 Å². The molecule has 0 aliphatic rings. The second kappa shape index (κ2) is 7.46. The quantitative estimate of drug-likeness (QED) is 0.814. The van der Waals surface area contributed by atoms with Crippen LogP contribution in [0, 0.1) is 5.82 Å². The van der Waals surface area contributed by atoms with E-state index >= 15 is 0 Å². The first-order valence-corrected chi connectivity index (χ1v) is 6.14. The van der Waals surface area contributed by atoms with Crippen molar-refractivity contribution < 1.29 is 32.2 Å². The summed E-state index contributed by atoms with van der Waals surface area (Å²) in [7, 11) is 0. The van der Waals surface area contributed by atoms with Gasteiger partial charge >= 0.3 is 6.18 Å². The van der Waals surface area contributed by atoms with Gasteiger partial charge in [0.15, 0.2) is 6.61 Å². The molecule has 0 atom stereocenters. The predicted octanol–water partition coefficient (Wildman–Crippen LogP) is 2.24. The van der Waals surface area contributed by atoms with E-state index in [1.807, 2.05) is 0 Å². The molecule has 0 fully saturated rings. The lowest BCUT2D eigenvalue weighted by Gasteiger charge is -2.23. The summed E-state index contributed by atoms with van der Waals surface area (Å²) in [6, 6.07) is 3.14. The minimum Gasteiger partial charge on any atom is -0.482 e. The van der Waals surface area contributed by atoms with Crippen LogP contribution >= 0.6 is 11.6 Å². The summed E-state index contributed by atoms with van der Waals surface area (Å²) < 4.78 is 54.6. The summed E-state index contributed by atoms with van der Waals surface area (Å²) in [6.45, 7) is -3.29. The SMILES string of the molecule is O=C(COc1ccc(F)cc1Cl)N(CCO)CC(F)(F)F. The number of halogens is 5. The van der Waals surface area contributed by atoms with Crippen LogP contribution in [0.1, 0.15) is 0 Å². The number of nitrogens with zero attached hydrogens (tertiary/aromatic N) is 1. The van der Waals surface area contributed by atoms with Crippen molar-refractivity contribution in [2.75, 3.05) is 26.3 Å². The first-order valence-electron chi connectivity index (χ1n) is 5.76. The van der Waals surface area contributed by atoms with Gasteiger partial charge in [-0.1, -0.05) is 11.6 Å². The average molecular weight is 330 g/mol. The maximum Gasteiger partial charge on any atom is 0.406 e. The number of hydrogen-bond donors (Lipinski definition) is 1. The molecule has 1 aromatic rings. The summed E-state index contributed by atoms with van der Waals surface area (Å²) in [6.07, 6.45) is -4.58. The lowest BCUT2D eigenvalue weighted by atomic mass is 10.3. The fourth-order valence-electron chi connectivity index (χ4n) is 1.45. The number of ether oxygens (including phenoxy) is 1. The van der Waals surface area contributed by atoms with E-state index in [-0.39, 0.29) is 10.8 Å². The Balaban J connectivity index is 2.64. The van der Waals surface area contributed by atoms with Gasteiger partial charge < -0.3 is 14.7 Å². The highest BCUT2D eigenvalue weighted by Gasteiger charge is 2.32. The molecule has 0 heterocycles. The van der Waals surface area contributed by atoms with Gasteiger partial charge in [0.25, 0.3) is 5.91 Å². The Kier molecular flexibility index (Phi) is 6.22. The van der Waals surface area contributed by atoms with Crippen LogP contribution in [0.2, 0.25) is 5.02 Å². The van der Waals surface area contributed by atoms with Crippen molar-refractivity contribution in [3.63, 3.8) is 0 Å². The Labute approximate surface area is 122 Å². The molecule has 0 saturated carbocycles. The average Bonchev–Trinajstić information content (AvgIpc) is 2.35. The normalized spacial score (nSPS) is 11.3. The number of carbonyl (C=O) groups is 1. The highest BCUT2D eigenvalue weighted by molar-refractivity contribution is 6.32. The fraction of sp³-hybridized carbons (Fsp3) is 0.417. The van der Waals surface area contributed by atoms with Crippen LogP contribution in [-0.4, -0.2) is 48.4 Å². The summed E-state index contributed by atoms with van der Waals surface area (Å²) in [4.78, 5) is 12.0. The lowest BCUT2D eigenvalue weighted by molar-refractivity contribution is -0.163. The van der Waals surface area contributed by atoms with Crippen LogP contribution < -0.4 is 4.74 Å². The third-order valence-corrected chi connectivity index (χ3v) is 2.63. The second-order valence-electron chi connectivity index (χ2n) is 4.02. The Morgan fingerprint density at radius 3 is 2.57 bits per heavy atom. The van der Waals surface area contributed by atoms with Crippen LogP contribution in [0.25, 0.3) is 0 Å². The molecule has 0 unspecified atom stereocenters. The van der Waals surface area contributed by atoms with Crippen molar-refractivity contribution in [3.05, 3.63) is 29.0 Å². The van der Waals surface area contributed by atoms with Crippen molar-refractivity contribution >= 4 is 17.5 Å². The van der Waals surface area contributed by atoms with E-state index in [0.717, 1.165) is 18.2 Å². The topological polar surface area (TPSA) is 49.8 Å². The van der Waals surface area contributed by atoms with E-state index < -0.39 is 44.2 Å². The zero-order valence-electron chi connectivity index (χ0n) is 10.7. The minimum absolute atomic E-state index is 0.0256. The van der Waals surface area contributed by atoms with Crippen molar-refractivity contribution in [2.45, 2.75) is 6.18 Å². The maximum atomic E-state index is 12.8. The van der Waals surface area contributed by atoms with E-state index in [1.54, 1.807) is 0 Å². The molecule has 0 saturated heterocycles. The zero-order valence-corrected chi connectivity index (χ0v) is 11.4. The summed E-state index contributed by atoms with van der Waals surface area (Å²) >= 11 is 5.65. The predicted molar refractivity (Wildman–Crippen MR) is 66.6 cm³/mol. The molecule has 0 aliphatic heterocycles. The van der Waals surface area contributed by atoms with Crippen molar-refractivity contribution in [1.82, 2.24) is 4.90 Å². The molecule has 0 bridgehead atoms. The van der Waals surface area contributed by atoms with E-state index in [0.29, 0.717) is 4.90 Å². The van der Waals surface area contributed by atoms with Gasteiger partial charge in [0.2, 0.25) is 0 Å². The number of hydrogen-bond acceptors (Lipinski definition) is 3. The van der Waals surface area contributed by atoms with E-state index in [2.05, 4.69) is 0 Å². The third-order valence-electron chi connectivity index (χ3n) is 2.34. The largest absolute Gasteiger partial charge is 0.482 e. The summed E-state index contributed by atoms with van der Waals surface area (Å²) in [5.74, 6) is -1.61. The number of alkyl halides is 3. The Bertz CT molecular complexity index is 496. The van der Waals surface area contributed by atoms with Gasteiger partial charge in [-0.15, -0.1) is 0 Å². The number of aliphatic hydroxyl groups excluding tert-OH is 1. The standard InChI is InChI=1S/C12H12ClF4NO3/c13-9-5-8(14)1-2-10(9)21-6-11(20)18(3-4-19)7-12(15,16)17/h1-2,5,19H,3-4,6-7H2. The smallest absolute Gasteiger partial charge is 0.406 e. The summed E-state index contributed by atoms with van der Waals surface area (Å²) in [5.41, 5.74) is 0. The first-order chi connectivity index (χ1) is 9.73. The molecule has 0 spiro atoms. The number of benzene rings is 1. The molecule has 1 rings (SSSR count). The van der Waals surface area contributed by atoms with Gasteiger partial charge in [-0.3, -0.25) is 4.79 Å². The lowest BCUT2D eigenvalue weighted by Crippen LogP contribution is -2.42. The van der Waals surface area contributed by atoms with E-state index in [1.165, 1.54) is 0 Å². The zero-order chi connectivity index (χ0) is 16.0. The monoisotopic (exact) mass is 329 g/mol. The Hall–Kier alpha value is -1.54. The van der Waals surface area contributed by atoms with Crippen LogP contribution in [0.5, 0.6) is 5.75 Å². The van der Waals surface area contributed by atoms with Gasteiger partial charge in [-0.2, -0.15) is 13.2 Å². The molecular formula is C12H12ClF4NO3. The Morgan fingerprint density at radius 1 is 1.38 bits per heavy atom. The van der Waals surface area contributed by atoms with Crippen molar-refractivity contribution in [3.8, 4) is 5.75 Å². The van der Waals surface area contributed by atoms with E-state index in [4.69, 9.17) is 21.4 Å². The van der Waals surface area contributed by atoms with Crippen LogP contribution in [-0.2, 0) is 4.79 Å². The van der Waals surface area contributed by atoms with Crippen LogP contribution in [0.4, 0.5) is 17.6 Å². The second-order valence-corrected chi connectivity index (χ2v) is 4.42. The molecule has 21 heavy (non-hydrogen) atoms. The number of amides is 1. The molecule has 0 aromatic heterocycles. The molecular weight excluding hydrogens is 318 g/mol. The van der Waals surface area contributed by atoms with Gasteiger partial charge in [0, 0.05) is 6.54 Å². The van der Waals surface area contributed by atoms with Crippen molar-refractivity contribution in [1.29, 1.82) is 0 Å². The Morgan fingerprint density at radius 2 is 2.05 bits per heavy atom. The fourth-order valence-corrected chi connectivity index (χ4v) is 1.67. The van der Waals surface area contributed by atoms with Gasteiger partial charge in [-0.25, -0.2) is 4.39 Å². The number of carbonyl (C=O) groups excluding carboxylic acids is 1. The molecule has 118 valence electrons. The molecule has 1 amide bonds. The maximum absolute atomic E-state index is 12.8. The van der Waals surface area contributed by atoms with Gasteiger partial charge in [-0.05, 0) is 18.2 Å². The molecule has 9 heteroatoms. The highest BCUT2D eigenvalue weighted by Crippen LogP contribution is 2.25. The minimum atomic E-state index is -4.58. The molecule has 1 aromatic carbocycles. The summed E-state index contributed by atoms with van der Waals surface area (Å²) in [5, 5.41) is 8.57. The first kappa shape index (κ1) is 17.5. The molecule has 1 N–H and O–H groups in total. The highest BCUT2D eigenvalue weighted by atomic mass is 35.5. The third kappa shape index (κ3) is 6.17. The van der Waals surface area contributed by atoms with Gasteiger partial charge in [0.05, 0.1) is 11.6 Å².